The van der Waals surface area contributed by atoms with Crippen LogP contribution in [0.25, 0.3) is 22.0 Å². The van der Waals surface area contributed by atoms with Crippen molar-refractivity contribution >= 4 is 16.7 Å². The van der Waals surface area contributed by atoms with Gasteiger partial charge in [0.25, 0.3) is 0 Å². The Morgan fingerprint density at radius 2 is 1.69 bits per heavy atom. The van der Waals surface area contributed by atoms with Gasteiger partial charge in [-0.2, -0.15) is 0 Å². The molecule has 0 amide bonds. The molecule has 1 aromatic heterocycles. The quantitative estimate of drug-likeness (QED) is 0.481. The first-order valence-corrected chi connectivity index (χ1v) is 8.34. The predicted octanol–water partition coefficient (Wildman–Crippen LogP) is 4.58. The molecule has 4 nitrogen and oxygen atoms in total. The van der Waals surface area contributed by atoms with E-state index in [4.69, 9.17) is 9.47 Å². The first kappa shape index (κ1) is 16.1. The van der Waals surface area contributed by atoms with E-state index in [9.17, 15) is 4.79 Å². The van der Waals surface area contributed by atoms with E-state index >= 15 is 0 Å². The second kappa shape index (κ2) is 6.48. The molecule has 0 saturated heterocycles. The number of hydrogen-bond acceptors (Lipinski definition) is 4. The fourth-order valence-electron chi connectivity index (χ4n) is 3.23. The van der Waals surface area contributed by atoms with Crippen LogP contribution in [-0.4, -0.2) is 24.0 Å². The molecule has 0 saturated carbocycles. The van der Waals surface area contributed by atoms with Crippen LogP contribution < -0.4 is 9.47 Å². The molecule has 0 atom stereocenters. The SMILES string of the molecule is C=CCOc1ccc2c(c1)C(=O)c1c-2c(OCC=C)nc2ccccc12. The highest BCUT2D eigenvalue weighted by atomic mass is 16.5. The second-order valence-corrected chi connectivity index (χ2v) is 5.92. The third-order valence-electron chi connectivity index (χ3n) is 4.30. The minimum Gasteiger partial charge on any atom is -0.490 e. The Kier molecular flexibility index (Phi) is 4.01. The standard InChI is InChI=1S/C22H17NO3/c1-3-11-25-14-9-10-15-17(13-14)21(24)19-16-7-5-6-8-18(16)23-22(20(15)19)26-12-4-2/h3-10,13H,1-2,11-12H2. The number of ketones is 1. The van der Waals surface area contributed by atoms with Gasteiger partial charge in [0.05, 0.1) is 11.1 Å². The van der Waals surface area contributed by atoms with Crippen LogP contribution in [0.2, 0.25) is 0 Å². The third-order valence-corrected chi connectivity index (χ3v) is 4.30. The average Bonchev–Trinajstić information content (AvgIpc) is 2.97. The number of pyridine rings is 1. The zero-order chi connectivity index (χ0) is 18.1. The summed E-state index contributed by atoms with van der Waals surface area (Å²) < 4.78 is 11.4. The first-order chi connectivity index (χ1) is 12.7. The lowest BCUT2D eigenvalue weighted by Crippen LogP contribution is -2.02. The normalized spacial score (nSPS) is 11.8. The Labute approximate surface area is 151 Å². The van der Waals surface area contributed by atoms with Crippen LogP contribution in [0.5, 0.6) is 11.6 Å². The maximum absolute atomic E-state index is 13.2. The molecule has 128 valence electrons. The molecule has 4 heteroatoms. The molecule has 0 N–H and O–H groups in total. The number of para-hydroxylation sites is 1. The number of nitrogens with zero attached hydrogens (tertiary/aromatic N) is 1. The van der Waals surface area contributed by atoms with Crippen LogP contribution in [0.4, 0.5) is 0 Å². The average molecular weight is 343 g/mol. The summed E-state index contributed by atoms with van der Waals surface area (Å²) in [5.41, 5.74) is 3.51. The van der Waals surface area contributed by atoms with E-state index in [1.54, 1.807) is 18.2 Å². The van der Waals surface area contributed by atoms with Crippen LogP contribution in [-0.2, 0) is 0 Å². The summed E-state index contributed by atoms with van der Waals surface area (Å²) >= 11 is 0. The highest BCUT2D eigenvalue weighted by Gasteiger charge is 2.33. The van der Waals surface area contributed by atoms with Crippen LogP contribution >= 0.6 is 0 Å². The summed E-state index contributed by atoms with van der Waals surface area (Å²) in [5.74, 6) is 1.04. The molecule has 2 aromatic carbocycles. The van der Waals surface area contributed by atoms with Gasteiger partial charge < -0.3 is 9.47 Å². The lowest BCUT2D eigenvalue weighted by molar-refractivity contribution is 0.104. The summed E-state index contributed by atoms with van der Waals surface area (Å²) in [6.45, 7) is 8.04. The van der Waals surface area contributed by atoms with E-state index in [1.807, 2.05) is 36.4 Å². The van der Waals surface area contributed by atoms with Gasteiger partial charge in [-0.3, -0.25) is 4.79 Å². The van der Waals surface area contributed by atoms with Gasteiger partial charge in [-0.15, -0.1) is 0 Å². The first-order valence-electron chi connectivity index (χ1n) is 8.34. The predicted molar refractivity (Wildman–Crippen MR) is 102 cm³/mol. The van der Waals surface area contributed by atoms with Gasteiger partial charge in [-0.05, 0) is 29.8 Å². The van der Waals surface area contributed by atoms with Gasteiger partial charge >= 0.3 is 0 Å². The molecule has 3 aromatic rings. The summed E-state index contributed by atoms with van der Waals surface area (Å²) in [4.78, 5) is 17.8. The number of fused-ring (bicyclic) bond motifs is 5. The Morgan fingerprint density at radius 1 is 0.923 bits per heavy atom. The molecule has 0 spiro atoms. The van der Waals surface area contributed by atoms with Crippen LogP contribution in [0.15, 0.2) is 67.8 Å². The zero-order valence-corrected chi connectivity index (χ0v) is 14.2. The third kappa shape index (κ3) is 2.47. The van der Waals surface area contributed by atoms with E-state index in [1.165, 1.54) is 0 Å². The Hall–Kier alpha value is -3.40. The van der Waals surface area contributed by atoms with E-state index in [-0.39, 0.29) is 5.78 Å². The number of carbonyl (C=O) groups is 1. The number of hydrogen-bond donors (Lipinski definition) is 0. The van der Waals surface area contributed by atoms with E-state index < -0.39 is 0 Å². The second-order valence-electron chi connectivity index (χ2n) is 5.92. The minimum absolute atomic E-state index is 0.0406. The van der Waals surface area contributed by atoms with Crippen molar-refractivity contribution in [2.45, 2.75) is 0 Å². The summed E-state index contributed by atoms with van der Waals surface area (Å²) in [7, 11) is 0. The molecule has 0 fully saturated rings. The molecule has 26 heavy (non-hydrogen) atoms. The van der Waals surface area contributed by atoms with E-state index in [0.717, 1.165) is 22.0 Å². The van der Waals surface area contributed by atoms with Gasteiger partial charge in [0, 0.05) is 16.5 Å². The van der Waals surface area contributed by atoms with Crippen molar-refractivity contribution in [1.29, 1.82) is 0 Å². The van der Waals surface area contributed by atoms with E-state index in [2.05, 4.69) is 18.1 Å². The highest BCUT2D eigenvalue weighted by Crippen LogP contribution is 2.45. The van der Waals surface area contributed by atoms with Crippen molar-refractivity contribution in [1.82, 2.24) is 4.98 Å². The molecule has 1 heterocycles. The van der Waals surface area contributed by atoms with Gasteiger partial charge in [-0.25, -0.2) is 4.98 Å². The Balaban J connectivity index is 1.94. The molecular weight excluding hydrogens is 326 g/mol. The maximum Gasteiger partial charge on any atom is 0.223 e. The summed E-state index contributed by atoms with van der Waals surface area (Å²) in [5, 5.41) is 0.822. The van der Waals surface area contributed by atoms with Gasteiger partial charge in [0.1, 0.15) is 19.0 Å². The number of rotatable bonds is 6. The smallest absolute Gasteiger partial charge is 0.223 e. The molecule has 0 unspecified atom stereocenters. The zero-order valence-electron chi connectivity index (χ0n) is 14.2. The monoisotopic (exact) mass is 343 g/mol. The number of ether oxygens (including phenoxy) is 2. The summed E-state index contributed by atoms with van der Waals surface area (Å²) in [6, 6.07) is 13.1. The molecule has 1 aliphatic carbocycles. The van der Waals surface area contributed by atoms with Crippen molar-refractivity contribution in [2.24, 2.45) is 0 Å². The van der Waals surface area contributed by atoms with Gasteiger partial charge in [-0.1, -0.05) is 43.5 Å². The van der Waals surface area contributed by atoms with Crippen LogP contribution in [0, 0.1) is 0 Å². The Morgan fingerprint density at radius 3 is 2.50 bits per heavy atom. The largest absolute Gasteiger partial charge is 0.490 e. The maximum atomic E-state index is 13.2. The number of carbonyl (C=O) groups excluding carboxylic acids is 1. The lowest BCUT2D eigenvalue weighted by atomic mass is 10.0. The van der Waals surface area contributed by atoms with Gasteiger partial charge in [0.15, 0.2) is 5.78 Å². The van der Waals surface area contributed by atoms with Crippen LogP contribution in [0.1, 0.15) is 15.9 Å². The summed E-state index contributed by atoms with van der Waals surface area (Å²) in [6.07, 6.45) is 3.33. The molecule has 0 bridgehead atoms. The van der Waals surface area contributed by atoms with Crippen molar-refractivity contribution in [2.75, 3.05) is 13.2 Å². The molecule has 0 aliphatic heterocycles. The lowest BCUT2D eigenvalue weighted by Gasteiger charge is -2.11. The Bertz CT molecular complexity index is 1050. The van der Waals surface area contributed by atoms with Crippen molar-refractivity contribution in [3.8, 4) is 22.8 Å². The number of benzene rings is 2. The molecule has 4 rings (SSSR count). The van der Waals surface area contributed by atoms with Crippen molar-refractivity contribution < 1.29 is 14.3 Å². The highest BCUT2D eigenvalue weighted by molar-refractivity contribution is 6.28. The van der Waals surface area contributed by atoms with E-state index in [0.29, 0.717) is 36.0 Å². The minimum atomic E-state index is -0.0406. The topological polar surface area (TPSA) is 48.4 Å². The van der Waals surface area contributed by atoms with Crippen LogP contribution in [0.3, 0.4) is 0 Å². The molecule has 0 radical (unpaired) electrons. The van der Waals surface area contributed by atoms with Crippen molar-refractivity contribution in [3.63, 3.8) is 0 Å². The number of aromatic nitrogens is 1. The molecule has 1 aliphatic rings. The fourth-order valence-corrected chi connectivity index (χ4v) is 3.23. The molecular formula is C22H17NO3. The fraction of sp³-hybridized carbons (Fsp3) is 0.0909. The van der Waals surface area contributed by atoms with Gasteiger partial charge in [0.2, 0.25) is 5.88 Å². The van der Waals surface area contributed by atoms with Crippen molar-refractivity contribution in [3.05, 3.63) is 78.9 Å².